The molecule has 2 aromatic rings. The van der Waals surface area contributed by atoms with E-state index in [0.29, 0.717) is 5.88 Å². The van der Waals surface area contributed by atoms with E-state index in [9.17, 15) is 0 Å². The number of aromatic nitrogens is 2. The third kappa shape index (κ3) is 3.54. The highest BCUT2D eigenvalue weighted by Gasteiger charge is 2.11. The van der Waals surface area contributed by atoms with Crippen LogP contribution in [0.4, 0.5) is 0 Å². The Balaban J connectivity index is 2.32. The smallest absolute Gasteiger partial charge is 0.111 e. The molecule has 1 aromatic carbocycles. The van der Waals surface area contributed by atoms with E-state index in [-0.39, 0.29) is 0 Å². The SMILES string of the molecule is CCN(CC)CCn1c(CCCl)nc2ccc(Br)cc21. The van der Waals surface area contributed by atoms with Crippen molar-refractivity contribution in [3.05, 3.63) is 28.5 Å². The van der Waals surface area contributed by atoms with E-state index in [0.717, 1.165) is 48.4 Å². The highest BCUT2D eigenvalue weighted by atomic mass is 79.9. The van der Waals surface area contributed by atoms with E-state index in [1.54, 1.807) is 0 Å². The lowest BCUT2D eigenvalue weighted by molar-refractivity contribution is 0.290. The van der Waals surface area contributed by atoms with Gasteiger partial charge >= 0.3 is 0 Å². The Morgan fingerprint density at radius 2 is 2.05 bits per heavy atom. The lowest BCUT2D eigenvalue weighted by Gasteiger charge is -2.19. The van der Waals surface area contributed by atoms with Crippen LogP contribution in [0.2, 0.25) is 0 Å². The number of alkyl halides is 1. The summed E-state index contributed by atoms with van der Waals surface area (Å²) in [5, 5.41) is 0. The molecule has 0 aliphatic heterocycles. The van der Waals surface area contributed by atoms with Gasteiger partial charge in [-0.1, -0.05) is 29.8 Å². The molecule has 0 spiro atoms. The van der Waals surface area contributed by atoms with Crippen molar-refractivity contribution in [2.45, 2.75) is 26.8 Å². The molecular formula is C15H21BrClN3. The Kier molecular flexibility index (Phi) is 5.87. The number of hydrogen-bond acceptors (Lipinski definition) is 2. The maximum Gasteiger partial charge on any atom is 0.111 e. The molecule has 1 aromatic heterocycles. The maximum absolute atomic E-state index is 5.91. The first-order chi connectivity index (χ1) is 9.69. The van der Waals surface area contributed by atoms with Crippen molar-refractivity contribution in [2.24, 2.45) is 0 Å². The largest absolute Gasteiger partial charge is 0.327 e. The molecule has 0 aliphatic rings. The van der Waals surface area contributed by atoms with Gasteiger partial charge < -0.3 is 9.47 Å². The fraction of sp³-hybridized carbons (Fsp3) is 0.533. The molecule has 1 heterocycles. The second-order valence-corrected chi connectivity index (χ2v) is 6.07. The summed E-state index contributed by atoms with van der Waals surface area (Å²) < 4.78 is 3.40. The van der Waals surface area contributed by atoms with Gasteiger partial charge in [-0.25, -0.2) is 4.98 Å². The number of halogens is 2. The Labute approximate surface area is 134 Å². The molecule has 110 valence electrons. The average molecular weight is 359 g/mol. The van der Waals surface area contributed by atoms with Gasteiger partial charge in [0.25, 0.3) is 0 Å². The van der Waals surface area contributed by atoms with Crippen molar-refractivity contribution in [3.63, 3.8) is 0 Å². The van der Waals surface area contributed by atoms with Crippen molar-refractivity contribution in [1.29, 1.82) is 0 Å². The molecule has 0 unspecified atom stereocenters. The summed E-state index contributed by atoms with van der Waals surface area (Å²) in [6, 6.07) is 6.24. The summed E-state index contributed by atoms with van der Waals surface area (Å²) >= 11 is 9.46. The van der Waals surface area contributed by atoms with Gasteiger partial charge in [-0.2, -0.15) is 0 Å². The summed E-state index contributed by atoms with van der Waals surface area (Å²) in [5.74, 6) is 1.69. The molecule has 0 saturated carbocycles. The minimum Gasteiger partial charge on any atom is -0.327 e. The van der Waals surface area contributed by atoms with Crippen LogP contribution < -0.4 is 0 Å². The maximum atomic E-state index is 5.91. The van der Waals surface area contributed by atoms with Crippen molar-refractivity contribution in [1.82, 2.24) is 14.5 Å². The van der Waals surface area contributed by atoms with E-state index in [1.165, 1.54) is 5.52 Å². The number of benzene rings is 1. The average Bonchev–Trinajstić information content (AvgIpc) is 2.78. The van der Waals surface area contributed by atoms with Gasteiger partial charge in [0.15, 0.2) is 0 Å². The van der Waals surface area contributed by atoms with Gasteiger partial charge in [0.1, 0.15) is 5.82 Å². The van der Waals surface area contributed by atoms with E-state index in [2.05, 4.69) is 51.4 Å². The summed E-state index contributed by atoms with van der Waals surface area (Å²) in [5.41, 5.74) is 2.24. The van der Waals surface area contributed by atoms with Crippen molar-refractivity contribution in [3.8, 4) is 0 Å². The van der Waals surface area contributed by atoms with E-state index >= 15 is 0 Å². The molecular weight excluding hydrogens is 338 g/mol. The minimum absolute atomic E-state index is 0.607. The lowest BCUT2D eigenvalue weighted by atomic mass is 10.3. The Morgan fingerprint density at radius 1 is 1.30 bits per heavy atom. The second-order valence-electron chi connectivity index (χ2n) is 4.78. The normalized spacial score (nSPS) is 11.7. The first-order valence-electron chi connectivity index (χ1n) is 7.12. The zero-order chi connectivity index (χ0) is 14.5. The summed E-state index contributed by atoms with van der Waals surface area (Å²) in [4.78, 5) is 7.14. The van der Waals surface area contributed by atoms with Crippen LogP contribution in [0.3, 0.4) is 0 Å². The number of fused-ring (bicyclic) bond motifs is 1. The minimum atomic E-state index is 0.607. The predicted octanol–water partition coefficient (Wildman–Crippen LogP) is 3.92. The van der Waals surface area contributed by atoms with Crippen LogP contribution in [0, 0.1) is 0 Å². The fourth-order valence-electron chi connectivity index (χ4n) is 2.45. The zero-order valence-corrected chi connectivity index (χ0v) is 14.4. The summed E-state index contributed by atoms with van der Waals surface area (Å²) in [6.45, 7) is 8.56. The standard InChI is InChI=1S/C15H21BrClN3/c1-3-19(4-2)9-10-20-14-11-12(16)5-6-13(14)18-15(20)7-8-17/h5-6,11H,3-4,7-10H2,1-2H3. The summed E-state index contributed by atoms with van der Waals surface area (Å²) in [6.07, 6.45) is 0.812. The molecule has 0 amide bonds. The van der Waals surface area contributed by atoms with Gasteiger partial charge in [-0.3, -0.25) is 0 Å². The Bertz CT molecular complexity index is 563. The molecule has 0 atom stereocenters. The van der Waals surface area contributed by atoms with Gasteiger partial charge in [0.05, 0.1) is 11.0 Å². The second kappa shape index (κ2) is 7.43. The number of likely N-dealkylation sites (N-methyl/N-ethyl adjacent to an activating group) is 1. The van der Waals surface area contributed by atoms with Crippen LogP contribution in [-0.2, 0) is 13.0 Å². The summed E-state index contributed by atoms with van der Waals surface area (Å²) in [7, 11) is 0. The van der Waals surface area contributed by atoms with Crippen LogP contribution in [0.5, 0.6) is 0 Å². The number of imidazole rings is 1. The highest BCUT2D eigenvalue weighted by Crippen LogP contribution is 2.21. The number of hydrogen-bond donors (Lipinski definition) is 0. The molecule has 5 heteroatoms. The van der Waals surface area contributed by atoms with Gasteiger partial charge in [-0.15, -0.1) is 11.6 Å². The Morgan fingerprint density at radius 3 is 2.70 bits per heavy atom. The molecule has 0 N–H and O–H groups in total. The number of aryl methyl sites for hydroxylation is 1. The van der Waals surface area contributed by atoms with Crippen molar-refractivity contribution in [2.75, 3.05) is 25.5 Å². The molecule has 3 nitrogen and oxygen atoms in total. The third-order valence-electron chi connectivity index (χ3n) is 3.64. The Hall–Kier alpha value is -0.580. The molecule has 0 radical (unpaired) electrons. The number of nitrogens with zero attached hydrogens (tertiary/aromatic N) is 3. The number of rotatable bonds is 7. The topological polar surface area (TPSA) is 21.1 Å². The van der Waals surface area contributed by atoms with E-state index in [1.807, 2.05) is 6.07 Å². The monoisotopic (exact) mass is 357 g/mol. The van der Waals surface area contributed by atoms with Crippen LogP contribution in [0.25, 0.3) is 11.0 Å². The first kappa shape index (κ1) is 15.8. The van der Waals surface area contributed by atoms with Crippen molar-refractivity contribution >= 4 is 38.6 Å². The van der Waals surface area contributed by atoms with Crippen LogP contribution in [-0.4, -0.2) is 40.0 Å². The molecule has 0 aliphatic carbocycles. The fourth-order valence-corrected chi connectivity index (χ4v) is 2.97. The van der Waals surface area contributed by atoms with Crippen molar-refractivity contribution < 1.29 is 0 Å². The molecule has 0 fully saturated rings. The van der Waals surface area contributed by atoms with Crippen LogP contribution >= 0.6 is 27.5 Å². The van der Waals surface area contributed by atoms with Crippen LogP contribution in [0.1, 0.15) is 19.7 Å². The van der Waals surface area contributed by atoms with Gasteiger partial charge in [0.2, 0.25) is 0 Å². The first-order valence-corrected chi connectivity index (χ1v) is 8.45. The van der Waals surface area contributed by atoms with E-state index in [4.69, 9.17) is 16.6 Å². The van der Waals surface area contributed by atoms with Gasteiger partial charge in [0, 0.05) is 29.9 Å². The molecule has 2 rings (SSSR count). The predicted molar refractivity (Wildman–Crippen MR) is 89.6 cm³/mol. The third-order valence-corrected chi connectivity index (χ3v) is 4.32. The van der Waals surface area contributed by atoms with Gasteiger partial charge in [-0.05, 0) is 31.3 Å². The molecule has 0 saturated heterocycles. The molecule has 20 heavy (non-hydrogen) atoms. The molecule has 0 bridgehead atoms. The quantitative estimate of drug-likeness (QED) is 0.699. The lowest BCUT2D eigenvalue weighted by Crippen LogP contribution is -2.27. The highest BCUT2D eigenvalue weighted by molar-refractivity contribution is 9.10. The zero-order valence-electron chi connectivity index (χ0n) is 12.1. The van der Waals surface area contributed by atoms with E-state index < -0.39 is 0 Å². The van der Waals surface area contributed by atoms with Crippen LogP contribution in [0.15, 0.2) is 22.7 Å².